The minimum absolute atomic E-state index is 0.0370. The van der Waals surface area contributed by atoms with E-state index in [1.165, 1.54) is 19.3 Å². The Morgan fingerprint density at radius 2 is 1.50 bits per heavy atom. The maximum Gasteiger partial charge on any atom is 0.407 e. The summed E-state index contributed by atoms with van der Waals surface area (Å²) >= 11 is 0. The van der Waals surface area contributed by atoms with Gasteiger partial charge in [-0.3, -0.25) is 0 Å². The van der Waals surface area contributed by atoms with Crippen molar-refractivity contribution in [2.45, 2.75) is 63.8 Å². The number of aliphatic carboxylic acids is 1. The molecule has 0 aliphatic heterocycles. The summed E-state index contributed by atoms with van der Waals surface area (Å²) in [5, 5.41) is 12.0. The second kappa shape index (κ2) is 10.8. The van der Waals surface area contributed by atoms with Crippen LogP contribution in [0.4, 0.5) is 4.79 Å². The van der Waals surface area contributed by atoms with Gasteiger partial charge in [-0.25, -0.2) is 9.59 Å². The van der Waals surface area contributed by atoms with E-state index in [1.807, 2.05) is 24.3 Å². The first-order valence-electron chi connectivity index (χ1n) is 11.0. The van der Waals surface area contributed by atoms with Crippen LogP contribution in [0.1, 0.15) is 68.9 Å². The van der Waals surface area contributed by atoms with Crippen molar-refractivity contribution >= 4 is 12.1 Å². The van der Waals surface area contributed by atoms with Crippen molar-refractivity contribution in [3.05, 3.63) is 59.7 Å². The fourth-order valence-electron chi connectivity index (χ4n) is 4.17. The third-order valence-electron chi connectivity index (χ3n) is 5.78. The van der Waals surface area contributed by atoms with Gasteiger partial charge in [-0.05, 0) is 28.7 Å². The van der Waals surface area contributed by atoms with Crippen molar-refractivity contribution in [1.29, 1.82) is 0 Å². The lowest BCUT2D eigenvalue weighted by Gasteiger charge is -2.17. The molecule has 0 fully saturated rings. The summed E-state index contributed by atoms with van der Waals surface area (Å²) in [5.74, 6) is -1.05. The number of nitrogens with one attached hydrogen (secondary N) is 1. The van der Waals surface area contributed by atoms with Crippen LogP contribution in [0.3, 0.4) is 0 Å². The molecule has 1 amide bonds. The van der Waals surface area contributed by atoms with Crippen LogP contribution in [-0.2, 0) is 9.53 Å². The highest BCUT2D eigenvalue weighted by atomic mass is 16.5. The minimum Gasteiger partial charge on any atom is -0.480 e. The average Bonchev–Trinajstić information content (AvgIpc) is 3.07. The monoisotopic (exact) mass is 409 g/mol. The lowest BCUT2D eigenvalue weighted by molar-refractivity contribution is -0.139. The molecule has 30 heavy (non-hydrogen) atoms. The normalized spacial score (nSPS) is 13.4. The number of benzene rings is 2. The van der Waals surface area contributed by atoms with Gasteiger partial charge in [-0.1, -0.05) is 94.0 Å². The van der Waals surface area contributed by atoms with Crippen molar-refractivity contribution in [2.75, 3.05) is 6.61 Å². The van der Waals surface area contributed by atoms with Crippen molar-refractivity contribution in [1.82, 2.24) is 5.32 Å². The SMILES string of the molecule is CCCCCCCCC(NC(=O)OCC1c2ccccc2-c2ccccc21)C(=O)O. The molecule has 2 aromatic rings. The van der Waals surface area contributed by atoms with Crippen molar-refractivity contribution < 1.29 is 19.4 Å². The topological polar surface area (TPSA) is 75.6 Å². The number of amides is 1. The molecule has 0 heterocycles. The van der Waals surface area contributed by atoms with Gasteiger partial charge in [0.1, 0.15) is 12.6 Å². The Bertz CT molecular complexity index is 818. The van der Waals surface area contributed by atoms with E-state index in [0.29, 0.717) is 6.42 Å². The van der Waals surface area contributed by atoms with E-state index in [9.17, 15) is 14.7 Å². The molecule has 5 heteroatoms. The van der Waals surface area contributed by atoms with Crippen LogP contribution in [0.2, 0.25) is 0 Å². The number of fused-ring (bicyclic) bond motifs is 3. The predicted octanol–water partition coefficient (Wildman–Crippen LogP) is 5.73. The first-order valence-corrected chi connectivity index (χ1v) is 11.0. The fraction of sp³-hybridized carbons (Fsp3) is 0.440. The van der Waals surface area contributed by atoms with Crippen LogP contribution in [0.15, 0.2) is 48.5 Å². The van der Waals surface area contributed by atoms with Gasteiger partial charge in [0, 0.05) is 5.92 Å². The first kappa shape index (κ1) is 21.9. The zero-order valence-electron chi connectivity index (χ0n) is 17.6. The summed E-state index contributed by atoms with van der Waals surface area (Å²) in [6.45, 7) is 2.35. The van der Waals surface area contributed by atoms with E-state index >= 15 is 0 Å². The number of rotatable bonds is 11. The highest BCUT2D eigenvalue weighted by Gasteiger charge is 2.29. The molecule has 0 radical (unpaired) electrons. The van der Waals surface area contributed by atoms with E-state index in [4.69, 9.17) is 4.74 Å². The Kier molecular flexibility index (Phi) is 7.89. The molecule has 1 unspecified atom stereocenters. The highest BCUT2D eigenvalue weighted by molar-refractivity contribution is 5.81. The molecule has 1 atom stereocenters. The van der Waals surface area contributed by atoms with E-state index in [2.05, 4.69) is 36.5 Å². The first-order chi connectivity index (χ1) is 14.6. The number of carbonyl (C=O) groups excluding carboxylic acids is 1. The number of hydrogen-bond acceptors (Lipinski definition) is 3. The molecule has 160 valence electrons. The number of hydrogen-bond donors (Lipinski definition) is 2. The number of carboxylic acids is 1. The van der Waals surface area contributed by atoms with Gasteiger partial charge < -0.3 is 15.2 Å². The van der Waals surface area contributed by atoms with Crippen LogP contribution in [0.25, 0.3) is 11.1 Å². The van der Waals surface area contributed by atoms with Gasteiger partial charge in [-0.2, -0.15) is 0 Å². The van der Waals surface area contributed by atoms with Gasteiger partial charge >= 0.3 is 12.1 Å². The molecular formula is C25H31NO4. The van der Waals surface area contributed by atoms with Crippen molar-refractivity contribution in [3.8, 4) is 11.1 Å². The maximum absolute atomic E-state index is 12.3. The third kappa shape index (κ3) is 5.41. The van der Waals surface area contributed by atoms with Gasteiger partial charge in [0.25, 0.3) is 0 Å². The van der Waals surface area contributed by atoms with E-state index in [-0.39, 0.29) is 12.5 Å². The Hall–Kier alpha value is -2.82. The summed E-state index contributed by atoms with van der Waals surface area (Å²) in [5.41, 5.74) is 4.59. The highest BCUT2D eigenvalue weighted by Crippen LogP contribution is 2.44. The summed E-state index contributed by atoms with van der Waals surface area (Å²) < 4.78 is 5.47. The zero-order valence-corrected chi connectivity index (χ0v) is 17.6. The van der Waals surface area contributed by atoms with Crippen molar-refractivity contribution in [2.24, 2.45) is 0 Å². The number of carboxylic acid groups (broad SMARTS) is 1. The molecule has 0 bridgehead atoms. The molecule has 3 rings (SSSR count). The van der Waals surface area contributed by atoms with Gasteiger partial charge in [0.05, 0.1) is 0 Å². The average molecular weight is 410 g/mol. The molecule has 0 spiro atoms. The van der Waals surface area contributed by atoms with E-state index in [1.54, 1.807) is 0 Å². The Morgan fingerprint density at radius 3 is 2.10 bits per heavy atom. The number of ether oxygens (including phenoxy) is 1. The molecule has 0 saturated heterocycles. The number of unbranched alkanes of at least 4 members (excludes halogenated alkanes) is 5. The second-order valence-electron chi connectivity index (χ2n) is 7.92. The zero-order chi connectivity index (χ0) is 21.3. The number of alkyl carbamates (subject to hydrolysis) is 1. The number of carbonyl (C=O) groups is 2. The molecule has 1 aliphatic rings. The fourth-order valence-corrected chi connectivity index (χ4v) is 4.17. The molecule has 2 aromatic carbocycles. The van der Waals surface area contributed by atoms with Crippen molar-refractivity contribution in [3.63, 3.8) is 0 Å². The Morgan fingerprint density at radius 1 is 0.933 bits per heavy atom. The Labute approximate surface area is 178 Å². The summed E-state index contributed by atoms with van der Waals surface area (Å²) in [4.78, 5) is 23.8. The lowest BCUT2D eigenvalue weighted by Crippen LogP contribution is -2.41. The van der Waals surface area contributed by atoms with Crippen LogP contribution in [-0.4, -0.2) is 29.8 Å². The van der Waals surface area contributed by atoms with Gasteiger partial charge in [0.2, 0.25) is 0 Å². The quantitative estimate of drug-likeness (QED) is 0.465. The largest absolute Gasteiger partial charge is 0.480 e. The summed E-state index contributed by atoms with van der Waals surface area (Å²) in [6.07, 6.45) is 6.18. The van der Waals surface area contributed by atoms with Gasteiger partial charge in [-0.15, -0.1) is 0 Å². The standard InChI is InChI=1S/C25H31NO4/c1-2-3-4-5-6-7-16-23(24(27)28)26-25(29)30-17-22-20-14-10-8-12-18(20)19-13-9-11-15-21(19)22/h8-15,22-23H,2-7,16-17H2,1H3,(H,26,29)(H,27,28). The molecule has 0 saturated carbocycles. The molecule has 0 aromatic heterocycles. The predicted molar refractivity (Wildman–Crippen MR) is 118 cm³/mol. The third-order valence-corrected chi connectivity index (χ3v) is 5.78. The maximum atomic E-state index is 12.3. The van der Waals surface area contributed by atoms with E-state index in [0.717, 1.165) is 41.5 Å². The van der Waals surface area contributed by atoms with Crippen LogP contribution >= 0.6 is 0 Å². The summed E-state index contributed by atoms with van der Waals surface area (Å²) in [7, 11) is 0. The van der Waals surface area contributed by atoms with Crippen LogP contribution in [0, 0.1) is 0 Å². The minimum atomic E-state index is -1.02. The van der Waals surface area contributed by atoms with Crippen LogP contribution < -0.4 is 5.32 Å². The van der Waals surface area contributed by atoms with Crippen LogP contribution in [0.5, 0.6) is 0 Å². The molecule has 5 nitrogen and oxygen atoms in total. The Balaban J connectivity index is 1.53. The molecule has 2 N–H and O–H groups in total. The van der Waals surface area contributed by atoms with Gasteiger partial charge in [0.15, 0.2) is 0 Å². The summed E-state index contributed by atoms with van der Waals surface area (Å²) in [6, 6.07) is 15.3. The lowest BCUT2D eigenvalue weighted by atomic mass is 9.98. The molecule has 1 aliphatic carbocycles. The smallest absolute Gasteiger partial charge is 0.407 e. The second-order valence-corrected chi connectivity index (χ2v) is 7.92. The molecular weight excluding hydrogens is 378 g/mol. The van der Waals surface area contributed by atoms with E-state index < -0.39 is 18.1 Å².